The largest absolute Gasteiger partial charge is 0.294 e. The van der Waals surface area contributed by atoms with Crippen molar-refractivity contribution < 1.29 is 4.39 Å². The third-order valence-corrected chi connectivity index (χ3v) is 4.19. The lowest BCUT2D eigenvalue weighted by atomic mass is 10.2. The Kier molecular flexibility index (Phi) is 4.21. The van der Waals surface area contributed by atoms with Crippen LogP contribution in [0, 0.1) is 5.82 Å². The van der Waals surface area contributed by atoms with Crippen LogP contribution >= 0.6 is 39.1 Å². The van der Waals surface area contributed by atoms with Gasteiger partial charge in [0.05, 0.1) is 28.8 Å². The first kappa shape index (κ1) is 15.5. The summed E-state index contributed by atoms with van der Waals surface area (Å²) in [6.07, 6.45) is 1.35. The molecule has 0 unspecified atom stereocenters. The Balaban J connectivity index is 2.14. The lowest BCUT2D eigenvalue weighted by molar-refractivity contribution is 0.595. The van der Waals surface area contributed by atoms with Gasteiger partial charge in [0, 0.05) is 15.1 Å². The molecule has 0 amide bonds. The van der Waals surface area contributed by atoms with Crippen molar-refractivity contribution in [2.45, 2.75) is 6.54 Å². The maximum Gasteiger partial charge on any atom is 0.261 e. The number of benzene rings is 2. The monoisotopic (exact) mass is 400 g/mol. The highest BCUT2D eigenvalue weighted by Crippen LogP contribution is 2.24. The molecule has 3 aromatic rings. The number of hydrogen-bond donors (Lipinski definition) is 0. The van der Waals surface area contributed by atoms with Gasteiger partial charge in [0.2, 0.25) is 0 Å². The van der Waals surface area contributed by atoms with E-state index in [4.69, 9.17) is 23.2 Å². The second-order valence-electron chi connectivity index (χ2n) is 4.70. The highest BCUT2D eigenvalue weighted by Gasteiger charge is 2.11. The average molecular weight is 402 g/mol. The van der Waals surface area contributed by atoms with Crippen LogP contribution in [0.2, 0.25) is 10.0 Å². The van der Waals surface area contributed by atoms with Gasteiger partial charge >= 0.3 is 0 Å². The molecule has 7 heteroatoms. The van der Waals surface area contributed by atoms with Gasteiger partial charge in [-0.25, -0.2) is 9.37 Å². The van der Waals surface area contributed by atoms with Crippen molar-refractivity contribution in [1.82, 2.24) is 9.55 Å². The normalized spacial score (nSPS) is 11.1. The molecule has 0 aliphatic heterocycles. The topological polar surface area (TPSA) is 34.9 Å². The number of rotatable bonds is 2. The summed E-state index contributed by atoms with van der Waals surface area (Å²) in [5, 5.41) is 0.957. The van der Waals surface area contributed by atoms with E-state index in [1.807, 2.05) is 0 Å². The zero-order valence-electron chi connectivity index (χ0n) is 11.0. The Morgan fingerprint density at radius 3 is 2.77 bits per heavy atom. The summed E-state index contributed by atoms with van der Waals surface area (Å²) in [4.78, 5) is 16.7. The fourth-order valence-electron chi connectivity index (χ4n) is 2.16. The van der Waals surface area contributed by atoms with Crippen molar-refractivity contribution in [3.8, 4) is 0 Å². The average Bonchev–Trinajstić information content (AvgIpc) is 2.46. The first-order valence-electron chi connectivity index (χ1n) is 6.24. The highest BCUT2D eigenvalue weighted by molar-refractivity contribution is 9.10. The Labute approximate surface area is 143 Å². The lowest BCUT2D eigenvalue weighted by Crippen LogP contribution is -2.21. The van der Waals surface area contributed by atoms with Gasteiger partial charge in [-0.15, -0.1) is 0 Å². The van der Waals surface area contributed by atoms with Crippen LogP contribution < -0.4 is 5.56 Å². The highest BCUT2D eigenvalue weighted by atomic mass is 79.9. The zero-order chi connectivity index (χ0) is 15.9. The summed E-state index contributed by atoms with van der Waals surface area (Å²) in [5.41, 5.74) is 0.432. The van der Waals surface area contributed by atoms with Crippen LogP contribution in [0.3, 0.4) is 0 Å². The molecule has 1 aromatic heterocycles. The van der Waals surface area contributed by atoms with Crippen molar-refractivity contribution in [1.29, 1.82) is 0 Å². The van der Waals surface area contributed by atoms with Crippen LogP contribution in [0.1, 0.15) is 5.56 Å². The molecule has 0 saturated heterocycles. The minimum Gasteiger partial charge on any atom is -0.294 e. The molecule has 2 aromatic carbocycles. The van der Waals surface area contributed by atoms with Crippen molar-refractivity contribution in [2.75, 3.05) is 0 Å². The SMILES string of the molecule is O=c1c2cc(Cl)cc(Cl)c2ncn1Cc1cc(Br)ccc1F. The summed E-state index contributed by atoms with van der Waals surface area (Å²) in [7, 11) is 0. The number of nitrogens with zero attached hydrogens (tertiary/aromatic N) is 2. The summed E-state index contributed by atoms with van der Waals surface area (Å²) < 4.78 is 15.9. The lowest BCUT2D eigenvalue weighted by Gasteiger charge is -2.09. The van der Waals surface area contributed by atoms with Crippen LogP contribution in [0.4, 0.5) is 4.39 Å². The molecule has 1 heterocycles. The predicted molar refractivity (Wildman–Crippen MR) is 89.2 cm³/mol. The van der Waals surface area contributed by atoms with Gasteiger partial charge < -0.3 is 0 Å². The van der Waals surface area contributed by atoms with E-state index >= 15 is 0 Å². The van der Waals surface area contributed by atoms with Gasteiger partial charge in [-0.05, 0) is 30.3 Å². The molecule has 3 rings (SSSR count). The maximum absolute atomic E-state index is 13.8. The molecule has 0 fully saturated rings. The second kappa shape index (κ2) is 5.99. The van der Waals surface area contributed by atoms with Crippen LogP contribution in [0.25, 0.3) is 10.9 Å². The fourth-order valence-corrected chi connectivity index (χ4v) is 3.11. The van der Waals surface area contributed by atoms with Crippen molar-refractivity contribution >= 4 is 50.0 Å². The van der Waals surface area contributed by atoms with E-state index in [1.165, 1.54) is 29.1 Å². The standard InChI is InChI=1S/C15H8BrCl2FN2O/c16-9-1-2-13(19)8(3-9)6-21-7-20-14-11(15(21)22)4-10(17)5-12(14)18/h1-5,7H,6H2. The first-order chi connectivity index (χ1) is 10.5. The quantitative estimate of drug-likeness (QED) is 0.626. The number of hydrogen-bond acceptors (Lipinski definition) is 2. The molecule has 0 atom stereocenters. The van der Waals surface area contributed by atoms with Gasteiger partial charge in [0.15, 0.2) is 0 Å². The van der Waals surface area contributed by atoms with Gasteiger partial charge in [-0.1, -0.05) is 39.1 Å². The van der Waals surface area contributed by atoms with Gasteiger partial charge in [0.1, 0.15) is 5.82 Å². The molecule has 0 saturated carbocycles. The summed E-state index contributed by atoms with van der Waals surface area (Å²) in [5.74, 6) is -0.390. The molecule has 0 aliphatic rings. The predicted octanol–water partition coefficient (Wildman–Crippen LogP) is 4.65. The van der Waals surface area contributed by atoms with Gasteiger partial charge in [0.25, 0.3) is 5.56 Å². The molecule has 22 heavy (non-hydrogen) atoms. The smallest absolute Gasteiger partial charge is 0.261 e. The number of aromatic nitrogens is 2. The third kappa shape index (κ3) is 2.89. The number of halogens is 4. The van der Waals surface area contributed by atoms with E-state index in [2.05, 4.69) is 20.9 Å². The van der Waals surface area contributed by atoms with E-state index in [9.17, 15) is 9.18 Å². The van der Waals surface area contributed by atoms with Crippen molar-refractivity contribution in [2.24, 2.45) is 0 Å². The summed E-state index contributed by atoms with van der Waals surface area (Å²) in [6.45, 7) is 0.0666. The summed E-state index contributed by atoms with van der Waals surface area (Å²) in [6, 6.07) is 7.59. The molecular formula is C15H8BrCl2FN2O. The van der Waals surface area contributed by atoms with E-state index in [0.29, 0.717) is 26.5 Å². The molecule has 0 spiro atoms. The molecule has 3 nitrogen and oxygen atoms in total. The van der Waals surface area contributed by atoms with E-state index in [1.54, 1.807) is 12.1 Å². The second-order valence-corrected chi connectivity index (χ2v) is 6.46. The van der Waals surface area contributed by atoms with Gasteiger partial charge in [-0.3, -0.25) is 9.36 Å². The molecule has 0 bridgehead atoms. The van der Waals surface area contributed by atoms with Crippen LogP contribution in [0.5, 0.6) is 0 Å². The molecule has 0 aliphatic carbocycles. The van der Waals surface area contributed by atoms with E-state index < -0.39 is 0 Å². The number of fused-ring (bicyclic) bond motifs is 1. The Morgan fingerprint density at radius 1 is 1.23 bits per heavy atom. The van der Waals surface area contributed by atoms with Crippen LogP contribution in [-0.4, -0.2) is 9.55 Å². The van der Waals surface area contributed by atoms with Crippen molar-refractivity contribution in [3.05, 3.63) is 72.9 Å². The minimum atomic E-state index is -0.390. The van der Waals surface area contributed by atoms with Crippen molar-refractivity contribution in [3.63, 3.8) is 0 Å². The fraction of sp³-hybridized carbons (Fsp3) is 0.0667. The Hall–Kier alpha value is -1.43. The minimum absolute atomic E-state index is 0.0666. The molecule has 112 valence electrons. The first-order valence-corrected chi connectivity index (χ1v) is 7.79. The zero-order valence-corrected chi connectivity index (χ0v) is 14.1. The Bertz CT molecular complexity index is 943. The van der Waals surface area contributed by atoms with Gasteiger partial charge in [-0.2, -0.15) is 0 Å². The summed E-state index contributed by atoms with van der Waals surface area (Å²) >= 11 is 15.2. The Morgan fingerprint density at radius 2 is 2.00 bits per heavy atom. The molecular weight excluding hydrogens is 394 g/mol. The van der Waals surface area contributed by atoms with E-state index in [-0.39, 0.29) is 17.9 Å². The van der Waals surface area contributed by atoms with E-state index in [0.717, 1.165) is 4.47 Å². The third-order valence-electron chi connectivity index (χ3n) is 3.19. The molecule has 0 N–H and O–H groups in total. The van der Waals surface area contributed by atoms with Crippen LogP contribution in [0.15, 0.2) is 45.9 Å². The maximum atomic E-state index is 13.8. The molecule has 0 radical (unpaired) electrons. The van der Waals surface area contributed by atoms with Crippen LogP contribution in [-0.2, 0) is 6.54 Å².